The van der Waals surface area contributed by atoms with Crippen molar-refractivity contribution in [2.45, 2.75) is 59.2 Å². The Balaban J connectivity index is 0.000000302. The molecule has 13 nitrogen and oxygen atoms in total. The fourth-order valence-corrected chi connectivity index (χ4v) is 5.39. The predicted molar refractivity (Wildman–Crippen MR) is 198 cm³/mol. The molecule has 5 N–H and O–H groups in total. The van der Waals surface area contributed by atoms with Crippen LogP contribution in [-0.2, 0) is 43.5 Å². The van der Waals surface area contributed by atoms with Crippen LogP contribution in [-0.4, -0.2) is 64.1 Å². The number of rotatable bonds is 17. The molecule has 0 radical (unpaired) electrons. The van der Waals surface area contributed by atoms with E-state index in [2.05, 4.69) is 5.32 Å². The maximum Gasteiger partial charge on any atom is 0.322 e. The van der Waals surface area contributed by atoms with Crippen LogP contribution in [0.5, 0.6) is 17.2 Å². The van der Waals surface area contributed by atoms with Gasteiger partial charge in [-0.3, -0.25) is 28.9 Å². The lowest BCUT2D eigenvalue weighted by atomic mass is 10.0. The number of carboxylic acid groups (broad SMARTS) is 2. The van der Waals surface area contributed by atoms with Gasteiger partial charge in [-0.25, -0.2) is 0 Å². The van der Waals surface area contributed by atoms with E-state index >= 15 is 0 Å². The second kappa shape index (κ2) is 21.3. The predicted octanol–water partition coefficient (Wildman–Crippen LogP) is 5.43. The summed E-state index contributed by atoms with van der Waals surface area (Å²) in [7, 11) is 0. The van der Waals surface area contributed by atoms with Gasteiger partial charge in [-0.2, -0.15) is 0 Å². The summed E-state index contributed by atoms with van der Waals surface area (Å²) < 4.78 is 15.8. The third-order valence-electron chi connectivity index (χ3n) is 7.66. The normalized spacial score (nSPS) is 11.0. The van der Waals surface area contributed by atoms with E-state index in [9.17, 15) is 29.1 Å². The zero-order valence-electron chi connectivity index (χ0n) is 29.9. The first kappa shape index (κ1) is 41.4. The Morgan fingerprint density at radius 1 is 0.642 bits per heavy atom. The summed E-state index contributed by atoms with van der Waals surface area (Å²) in [5.74, 6) is -1.94. The molecule has 0 saturated heterocycles. The number of esters is 3. The number of nitrogens with zero attached hydrogens (tertiary/aromatic N) is 1. The monoisotopic (exact) mass is 727 g/mol. The largest absolute Gasteiger partial charge is 0.480 e. The highest BCUT2D eigenvalue weighted by Crippen LogP contribution is 2.28. The summed E-state index contributed by atoms with van der Waals surface area (Å²) in [5.41, 5.74) is 9.50. The smallest absolute Gasteiger partial charge is 0.322 e. The number of aliphatic carboxylic acids is 2. The number of anilines is 1. The van der Waals surface area contributed by atoms with Crippen molar-refractivity contribution in [3.8, 4) is 17.2 Å². The summed E-state index contributed by atoms with van der Waals surface area (Å²) in [5, 5.41) is 21.6. The Morgan fingerprint density at radius 3 is 1.49 bits per heavy atom. The van der Waals surface area contributed by atoms with E-state index in [0.717, 1.165) is 16.8 Å². The van der Waals surface area contributed by atoms with Crippen molar-refractivity contribution in [1.29, 1.82) is 0 Å². The molecule has 0 aromatic heterocycles. The van der Waals surface area contributed by atoms with Crippen LogP contribution in [0.3, 0.4) is 0 Å². The van der Waals surface area contributed by atoms with E-state index < -0.39 is 29.9 Å². The number of carbonyl (C=O) groups is 5. The Kier molecular flexibility index (Phi) is 16.7. The molecule has 0 fully saturated rings. The standard InChI is InChI=1S/C23H28N2O6.C17H17NO4/c1-16(26)30-21-11-5-3-8-18(21)14-25(20(23(28)29)10-7-13-24)15-19-9-4-6-12-22(19)31-17(2)27;1-12(19)22-16-9-5-3-7-14(16)10-13-6-2-4-8-15(13)18-11-17(20)21/h3-6,8-9,11-12,20H,7,10,13-15,24H2,1-2H3,(H,28,29);2-9,18H,10-11H2,1H3,(H,20,21). The third-order valence-corrected chi connectivity index (χ3v) is 7.66. The SMILES string of the molecule is CC(=O)Oc1ccccc1CN(Cc1ccccc1OC(C)=O)C(CCCN)C(=O)O.CC(=O)Oc1ccccc1Cc1ccccc1NCC(=O)O. The van der Waals surface area contributed by atoms with E-state index in [1.54, 1.807) is 65.6 Å². The van der Waals surface area contributed by atoms with Crippen LogP contribution < -0.4 is 25.3 Å². The molecule has 1 atom stereocenters. The second-order valence-electron chi connectivity index (χ2n) is 11.9. The van der Waals surface area contributed by atoms with Crippen molar-refractivity contribution >= 4 is 35.5 Å². The molecule has 0 aliphatic heterocycles. The first-order valence-corrected chi connectivity index (χ1v) is 16.9. The van der Waals surface area contributed by atoms with Gasteiger partial charge in [0.2, 0.25) is 0 Å². The molecule has 4 rings (SSSR count). The number of ether oxygens (including phenoxy) is 3. The molecule has 1 unspecified atom stereocenters. The van der Waals surface area contributed by atoms with Gasteiger partial charge >= 0.3 is 29.8 Å². The lowest BCUT2D eigenvalue weighted by Gasteiger charge is -2.30. The summed E-state index contributed by atoms with van der Waals surface area (Å²) in [4.78, 5) is 58.7. The second-order valence-corrected chi connectivity index (χ2v) is 11.9. The number of para-hydroxylation sites is 4. The molecular weight excluding hydrogens is 682 g/mol. The highest BCUT2D eigenvalue weighted by molar-refractivity contribution is 5.74. The Labute approximate surface area is 308 Å². The van der Waals surface area contributed by atoms with Gasteiger partial charge in [-0.15, -0.1) is 0 Å². The highest BCUT2D eigenvalue weighted by Gasteiger charge is 2.27. The van der Waals surface area contributed by atoms with Gasteiger partial charge in [-0.1, -0.05) is 72.8 Å². The van der Waals surface area contributed by atoms with Crippen LogP contribution in [0.15, 0.2) is 97.1 Å². The molecule has 0 heterocycles. The number of carbonyl (C=O) groups excluding carboxylic acids is 3. The van der Waals surface area contributed by atoms with Crippen LogP contribution in [0, 0.1) is 0 Å². The Hall–Kier alpha value is -6.05. The molecule has 13 heteroatoms. The molecule has 53 heavy (non-hydrogen) atoms. The molecule has 0 bridgehead atoms. The Bertz CT molecular complexity index is 1800. The van der Waals surface area contributed by atoms with Gasteiger partial charge in [0.15, 0.2) is 0 Å². The third kappa shape index (κ3) is 14.2. The number of benzene rings is 4. The molecule has 0 aliphatic carbocycles. The lowest BCUT2D eigenvalue weighted by Crippen LogP contribution is -2.41. The molecule has 4 aromatic carbocycles. The minimum absolute atomic E-state index is 0.150. The molecule has 0 saturated carbocycles. The zero-order valence-corrected chi connectivity index (χ0v) is 29.9. The van der Waals surface area contributed by atoms with Gasteiger partial charge in [0.05, 0.1) is 0 Å². The molecule has 0 spiro atoms. The van der Waals surface area contributed by atoms with Crippen LogP contribution in [0.4, 0.5) is 5.69 Å². The average molecular weight is 728 g/mol. The molecule has 0 amide bonds. The number of hydrogen-bond acceptors (Lipinski definition) is 11. The maximum atomic E-state index is 12.1. The van der Waals surface area contributed by atoms with Gasteiger partial charge in [0.25, 0.3) is 0 Å². The van der Waals surface area contributed by atoms with Crippen LogP contribution in [0.1, 0.15) is 55.9 Å². The van der Waals surface area contributed by atoms with E-state index in [1.165, 1.54) is 20.8 Å². The Morgan fingerprint density at radius 2 is 1.06 bits per heavy atom. The van der Waals surface area contributed by atoms with Crippen molar-refractivity contribution in [1.82, 2.24) is 4.90 Å². The number of carboxylic acids is 2. The first-order chi connectivity index (χ1) is 25.4. The summed E-state index contributed by atoms with van der Waals surface area (Å²) in [6.07, 6.45) is 1.41. The highest BCUT2D eigenvalue weighted by atomic mass is 16.5. The minimum Gasteiger partial charge on any atom is -0.480 e. The molecule has 4 aromatic rings. The summed E-state index contributed by atoms with van der Waals surface area (Å²) in [6.45, 7) is 4.61. The zero-order chi connectivity index (χ0) is 38.8. The van der Waals surface area contributed by atoms with Gasteiger partial charge < -0.3 is 35.5 Å². The number of hydrogen-bond donors (Lipinski definition) is 4. The maximum absolute atomic E-state index is 12.1. The van der Waals surface area contributed by atoms with Crippen molar-refractivity contribution in [2.75, 3.05) is 18.4 Å². The van der Waals surface area contributed by atoms with E-state index in [4.69, 9.17) is 25.1 Å². The van der Waals surface area contributed by atoms with Crippen molar-refractivity contribution < 1.29 is 48.4 Å². The van der Waals surface area contributed by atoms with Gasteiger partial charge in [0, 0.05) is 57.1 Å². The molecular formula is C40H45N3O10. The van der Waals surface area contributed by atoms with Crippen molar-refractivity contribution in [3.63, 3.8) is 0 Å². The van der Waals surface area contributed by atoms with Crippen molar-refractivity contribution in [3.05, 3.63) is 119 Å². The van der Waals surface area contributed by atoms with Crippen molar-refractivity contribution in [2.24, 2.45) is 5.73 Å². The number of nitrogens with one attached hydrogen (secondary N) is 1. The van der Waals surface area contributed by atoms with E-state index in [1.807, 2.05) is 36.4 Å². The summed E-state index contributed by atoms with van der Waals surface area (Å²) in [6, 6.07) is 27.9. The van der Waals surface area contributed by atoms with Crippen LogP contribution >= 0.6 is 0 Å². The van der Waals surface area contributed by atoms with E-state index in [0.29, 0.717) is 54.2 Å². The quantitative estimate of drug-likeness (QED) is 0.0795. The van der Waals surface area contributed by atoms with Gasteiger partial charge in [-0.05, 0) is 54.8 Å². The minimum atomic E-state index is -0.983. The molecule has 0 aliphatic rings. The van der Waals surface area contributed by atoms with Crippen LogP contribution in [0.2, 0.25) is 0 Å². The fraction of sp³-hybridized carbons (Fsp3) is 0.275. The fourth-order valence-electron chi connectivity index (χ4n) is 5.39. The average Bonchev–Trinajstić information content (AvgIpc) is 3.10. The lowest BCUT2D eigenvalue weighted by molar-refractivity contribution is -0.144. The summed E-state index contributed by atoms with van der Waals surface area (Å²) >= 11 is 0. The van der Waals surface area contributed by atoms with Crippen LogP contribution in [0.25, 0.3) is 0 Å². The molecule has 280 valence electrons. The first-order valence-electron chi connectivity index (χ1n) is 16.9. The topological polar surface area (TPSA) is 195 Å². The van der Waals surface area contributed by atoms with E-state index in [-0.39, 0.29) is 25.6 Å². The van der Waals surface area contributed by atoms with Gasteiger partial charge in [0.1, 0.15) is 29.8 Å². The number of nitrogens with two attached hydrogens (primary N) is 1.